The number of hydrogen-bond acceptors (Lipinski definition) is 3. The summed E-state index contributed by atoms with van der Waals surface area (Å²) in [6, 6.07) is 22.5. The molecule has 0 saturated carbocycles. The van der Waals surface area contributed by atoms with E-state index in [1.165, 1.54) is 0 Å². The first-order valence-electron chi connectivity index (χ1n) is 10.2. The molecule has 0 aromatic carbocycles. The van der Waals surface area contributed by atoms with E-state index < -0.39 is 0 Å². The molecule has 0 saturated heterocycles. The lowest BCUT2D eigenvalue weighted by Crippen LogP contribution is -1.89. The maximum absolute atomic E-state index is 4.96. The Morgan fingerprint density at radius 2 is 1.29 bits per heavy atom. The molecule has 0 atom stereocenters. The molecule has 2 N–H and O–H groups in total. The van der Waals surface area contributed by atoms with Gasteiger partial charge < -0.3 is 9.97 Å². The van der Waals surface area contributed by atoms with E-state index in [4.69, 9.17) is 9.97 Å². The third kappa shape index (κ3) is 3.26. The molecule has 5 heteroatoms. The normalized spacial score (nSPS) is 13.1. The molecule has 0 spiro atoms. The van der Waals surface area contributed by atoms with Crippen molar-refractivity contribution in [1.82, 2.24) is 24.9 Å². The molecule has 8 bridgehead atoms. The summed E-state index contributed by atoms with van der Waals surface area (Å²) in [6.07, 6.45) is 5.86. The van der Waals surface area contributed by atoms with Gasteiger partial charge in [-0.3, -0.25) is 4.98 Å². The van der Waals surface area contributed by atoms with Crippen LogP contribution in [0.15, 0.2) is 72.9 Å². The Bertz CT molecular complexity index is 1530. The van der Waals surface area contributed by atoms with Gasteiger partial charge in [0.15, 0.2) is 0 Å². The number of aromatic amines is 2. The summed E-state index contributed by atoms with van der Waals surface area (Å²) in [5.41, 5.74) is 10.7. The maximum atomic E-state index is 4.96. The number of aromatic nitrogens is 5. The van der Waals surface area contributed by atoms with Crippen LogP contribution in [0.4, 0.5) is 0 Å². The summed E-state index contributed by atoms with van der Waals surface area (Å²) in [6.45, 7) is 2.10. The third-order valence-corrected chi connectivity index (χ3v) is 5.51. The molecular weight excluding hydrogens is 382 g/mol. The molecule has 4 aromatic rings. The highest BCUT2D eigenvalue weighted by Gasteiger charge is 2.19. The number of allylic oxidation sites excluding steroid dienone is 1. The molecular formula is C26H19N5. The highest BCUT2D eigenvalue weighted by molar-refractivity contribution is 5.98. The highest BCUT2D eigenvalue weighted by atomic mass is 14.8. The predicted molar refractivity (Wildman–Crippen MR) is 126 cm³/mol. The summed E-state index contributed by atoms with van der Waals surface area (Å²) < 4.78 is 0. The number of fused-ring (bicyclic) bond motifs is 8. The van der Waals surface area contributed by atoms with Crippen LogP contribution in [0.25, 0.3) is 45.4 Å². The topological polar surface area (TPSA) is 70.2 Å². The lowest BCUT2D eigenvalue weighted by Gasteiger charge is -2.03. The number of rotatable bonds is 1. The Morgan fingerprint density at radius 3 is 2.00 bits per heavy atom. The molecule has 31 heavy (non-hydrogen) atoms. The Labute approximate surface area is 178 Å². The van der Waals surface area contributed by atoms with Crippen LogP contribution in [-0.2, 0) is 0 Å². The van der Waals surface area contributed by atoms with Gasteiger partial charge in [-0.2, -0.15) is 0 Å². The van der Waals surface area contributed by atoms with E-state index in [1.807, 2.05) is 48.7 Å². The van der Waals surface area contributed by atoms with E-state index in [0.29, 0.717) is 0 Å². The van der Waals surface area contributed by atoms with E-state index in [-0.39, 0.29) is 0 Å². The second-order valence-corrected chi connectivity index (χ2v) is 7.71. The SMILES string of the molecule is CC1=C(c2ccccn2)c2cc3ccc(cc4ccc(cc5nc(cc1n2)C=C5)[nH]4)[nH]3. The summed E-state index contributed by atoms with van der Waals surface area (Å²) >= 11 is 0. The van der Waals surface area contributed by atoms with E-state index in [9.17, 15) is 0 Å². The molecule has 0 fully saturated rings. The summed E-state index contributed by atoms with van der Waals surface area (Å²) in [5.74, 6) is 0. The van der Waals surface area contributed by atoms with Gasteiger partial charge in [0.25, 0.3) is 0 Å². The molecule has 6 rings (SSSR count). The van der Waals surface area contributed by atoms with Crippen molar-refractivity contribution in [2.24, 2.45) is 0 Å². The van der Waals surface area contributed by atoms with Crippen LogP contribution >= 0.6 is 0 Å². The van der Waals surface area contributed by atoms with Gasteiger partial charge in [-0.05, 0) is 85.3 Å². The van der Waals surface area contributed by atoms with Crippen molar-refractivity contribution in [3.8, 4) is 0 Å². The molecule has 6 heterocycles. The number of nitrogens with zero attached hydrogens (tertiary/aromatic N) is 3. The zero-order valence-electron chi connectivity index (χ0n) is 16.9. The first kappa shape index (κ1) is 17.6. The van der Waals surface area contributed by atoms with Crippen LogP contribution in [0.5, 0.6) is 0 Å². The van der Waals surface area contributed by atoms with Crippen LogP contribution in [0.2, 0.25) is 0 Å². The minimum atomic E-state index is 0.888. The smallest absolute Gasteiger partial charge is 0.0755 e. The zero-order valence-corrected chi connectivity index (χ0v) is 16.9. The van der Waals surface area contributed by atoms with Crippen molar-refractivity contribution in [1.29, 1.82) is 0 Å². The fourth-order valence-electron chi connectivity index (χ4n) is 4.03. The van der Waals surface area contributed by atoms with Gasteiger partial charge >= 0.3 is 0 Å². The number of pyridine rings is 1. The predicted octanol–water partition coefficient (Wildman–Crippen LogP) is 5.86. The Morgan fingerprint density at radius 1 is 0.613 bits per heavy atom. The first-order valence-corrected chi connectivity index (χ1v) is 10.2. The second-order valence-electron chi connectivity index (χ2n) is 7.71. The molecule has 0 radical (unpaired) electrons. The molecule has 0 aliphatic carbocycles. The van der Waals surface area contributed by atoms with Gasteiger partial charge in [-0.15, -0.1) is 0 Å². The van der Waals surface area contributed by atoms with Crippen LogP contribution < -0.4 is 0 Å². The Kier molecular flexibility index (Phi) is 3.93. The summed E-state index contributed by atoms with van der Waals surface area (Å²) in [7, 11) is 0. The quantitative estimate of drug-likeness (QED) is 0.370. The minimum absolute atomic E-state index is 0.888. The van der Waals surface area contributed by atoms with Gasteiger partial charge in [0, 0.05) is 33.8 Å². The molecule has 2 aliphatic rings. The van der Waals surface area contributed by atoms with Crippen LogP contribution in [0.3, 0.4) is 0 Å². The molecule has 148 valence electrons. The van der Waals surface area contributed by atoms with E-state index in [2.05, 4.69) is 58.3 Å². The molecule has 0 amide bonds. The molecule has 5 nitrogen and oxygen atoms in total. The average molecular weight is 401 g/mol. The number of hydrogen-bond donors (Lipinski definition) is 2. The highest BCUT2D eigenvalue weighted by Crippen LogP contribution is 2.34. The van der Waals surface area contributed by atoms with Gasteiger partial charge in [0.05, 0.1) is 28.5 Å². The monoisotopic (exact) mass is 401 g/mol. The van der Waals surface area contributed by atoms with E-state index >= 15 is 0 Å². The van der Waals surface area contributed by atoms with Crippen molar-refractivity contribution in [3.05, 3.63) is 101 Å². The fraction of sp³-hybridized carbons (Fsp3) is 0.0385. The lowest BCUT2D eigenvalue weighted by molar-refractivity contribution is 1.24. The Balaban J connectivity index is 1.69. The van der Waals surface area contributed by atoms with Crippen molar-refractivity contribution < 1.29 is 0 Å². The van der Waals surface area contributed by atoms with Gasteiger partial charge in [-0.1, -0.05) is 6.07 Å². The van der Waals surface area contributed by atoms with E-state index in [0.717, 1.165) is 61.7 Å². The van der Waals surface area contributed by atoms with Crippen LogP contribution in [0.1, 0.15) is 35.4 Å². The zero-order chi connectivity index (χ0) is 20.8. The molecule has 0 unspecified atom stereocenters. The maximum Gasteiger partial charge on any atom is 0.0755 e. The standard InChI is InChI=1S/C26H19N5/c1-16-24-14-21-9-7-19(29-21)12-17-5-6-18(28-17)13-20-8-10-22(30-20)15-25(31-24)26(16)23-4-2-3-11-27-23/h2-15,28,30H,1H3. The Hall–Kier alpha value is -4.25. The summed E-state index contributed by atoms with van der Waals surface area (Å²) in [4.78, 5) is 21.2. The minimum Gasteiger partial charge on any atom is -0.355 e. The van der Waals surface area contributed by atoms with Gasteiger partial charge in [-0.25, -0.2) is 9.97 Å². The first-order chi connectivity index (χ1) is 15.2. The van der Waals surface area contributed by atoms with Crippen molar-refractivity contribution in [2.45, 2.75) is 6.92 Å². The van der Waals surface area contributed by atoms with E-state index in [1.54, 1.807) is 0 Å². The summed E-state index contributed by atoms with van der Waals surface area (Å²) in [5, 5.41) is 0. The third-order valence-electron chi connectivity index (χ3n) is 5.51. The van der Waals surface area contributed by atoms with Crippen molar-refractivity contribution in [3.63, 3.8) is 0 Å². The van der Waals surface area contributed by atoms with Crippen LogP contribution in [-0.4, -0.2) is 24.9 Å². The van der Waals surface area contributed by atoms with Crippen molar-refractivity contribution in [2.75, 3.05) is 0 Å². The number of H-pyrrole nitrogens is 2. The molecule has 4 aromatic heterocycles. The van der Waals surface area contributed by atoms with Crippen molar-refractivity contribution >= 4 is 45.4 Å². The van der Waals surface area contributed by atoms with Gasteiger partial charge in [0.1, 0.15) is 0 Å². The van der Waals surface area contributed by atoms with Gasteiger partial charge in [0.2, 0.25) is 0 Å². The fourth-order valence-corrected chi connectivity index (χ4v) is 4.03. The molecule has 2 aliphatic heterocycles. The largest absolute Gasteiger partial charge is 0.355 e. The lowest BCUT2D eigenvalue weighted by atomic mass is 10.0. The van der Waals surface area contributed by atoms with Crippen LogP contribution in [0, 0.1) is 0 Å². The second kappa shape index (κ2) is 6.92. The number of nitrogens with one attached hydrogen (secondary N) is 2. The average Bonchev–Trinajstić information content (AvgIpc) is 3.55.